The predicted molar refractivity (Wildman–Crippen MR) is 74.6 cm³/mol. The zero-order valence-electron chi connectivity index (χ0n) is 10.4. The lowest BCUT2D eigenvalue weighted by molar-refractivity contribution is 0.625. The smallest absolute Gasteiger partial charge is 0.155 e. The molecule has 0 aliphatic carbocycles. The first-order chi connectivity index (χ1) is 9.16. The summed E-state index contributed by atoms with van der Waals surface area (Å²) in [7, 11) is 1.95. The Balaban J connectivity index is 1.97. The van der Waals surface area contributed by atoms with Gasteiger partial charge in [-0.3, -0.25) is 0 Å². The highest BCUT2D eigenvalue weighted by Gasteiger charge is 2.31. The summed E-state index contributed by atoms with van der Waals surface area (Å²) in [5.74, 6) is 1.70. The highest BCUT2D eigenvalue weighted by Crippen LogP contribution is 2.37. The van der Waals surface area contributed by atoms with Gasteiger partial charge < -0.3 is 9.47 Å². The molecule has 0 unspecified atom stereocenters. The van der Waals surface area contributed by atoms with E-state index < -0.39 is 0 Å². The van der Waals surface area contributed by atoms with Crippen molar-refractivity contribution in [3.05, 3.63) is 34.5 Å². The van der Waals surface area contributed by atoms with E-state index in [2.05, 4.69) is 20.1 Å². The fourth-order valence-corrected chi connectivity index (χ4v) is 2.99. The Kier molecular flexibility index (Phi) is 3.33. The lowest BCUT2D eigenvalue weighted by Gasteiger charge is -2.25. The van der Waals surface area contributed by atoms with Crippen LogP contribution in [0.25, 0.3) is 0 Å². The molecule has 3 rings (SSSR count). The average Bonchev–Trinajstić information content (AvgIpc) is 2.97. The minimum atomic E-state index is 0.165. The zero-order valence-corrected chi connectivity index (χ0v) is 11.9. The molecular formula is C12H13Cl2N5. The van der Waals surface area contributed by atoms with Crippen molar-refractivity contribution >= 4 is 29.0 Å². The van der Waals surface area contributed by atoms with E-state index in [4.69, 9.17) is 23.2 Å². The van der Waals surface area contributed by atoms with Crippen LogP contribution in [0.4, 0.5) is 5.82 Å². The molecule has 0 aromatic carbocycles. The van der Waals surface area contributed by atoms with Gasteiger partial charge in [0.25, 0.3) is 0 Å². The van der Waals surface area contributed by atoms with Crippen LogP contribution in [-0.4, -0.2) is 26.3 Å². The van der Waals surface area contributed by atoms with E-state index in [9.17, 15) is 0 Å². The van der Waals surface area contributed by atoms with Gasteiger partial charge in [0.15, 0.2) is 5.82 Å². The van der Waals surface area contributed by atoms with Gasteiger partial charge in [-0.1, -0.05) is 23.2 Å². The molecule has 0 spiro atoms. The van der Waals surface area contributed by atoms with Gasteiger partial charge in [-0.25, -0.2) is 4.98 Å². The van der Waals surface area contributed by atoms with Gasteiger partial charge in [0.2, 0.25) is 0 Å². The molecule has 3 heterocycles. The molecule has 1 aliphatic heterocycles. The van der Waals surface area contributed by atoms with Crippen molar-refractivity contribution in [2.24, 2.45) is 7.05 Å². The summed E-state index contributed by atoms with van der Waals surface area (Å²) >= 11 is 12.1. The van der Waals surface area contributed by atoms with Crippen LogP contribution in [0.5, 0.6) is 0 Å². The predicted octanol–water partition coefficient (Wildman–Crippen LogP) is 2.86. The van der Waals surface area contributed by atoms with E-state index in [0.717, 1.165) is 31.0 Å². The molecule has 0 N–H and O–H groups in total. The second-order valence-corrected chi connectivity index (χ2v) is 5.45. The molecule has 5 nitrogen and oxygen atoms in total. The number of hydrogen-bond acceptors (Lipinski definition) is 4. The average molecular weight is 298 g/mol. The number of aromatic nitrogens is 4. The van der Waals surface area contributed by atoms with Crippen LogP contribution in [0.1, 0.15) is 24.7 Å². The second kappa shape index (κ2) is 4.98. The van der Waals surface area contributed by atoms with Gasteiger partial charge in [0.1, 0.15) is 12.1 Å². The number of hydrogen-bond donors (Lipinski definition) is 0. The summed E-state index contributed by atoms with van der Waals surface area (Å²) in [5.41, 5.74) is 0. The van der Waals surface area contributed by atoms with E-state index in [-0.39, 0.29) is 6.04 Å². The van der Waals surface area contributed by atoms with Crippen LogP contribution in [0.15, 0.2) is 18.6 Å². The van der Waals surface area contributed by atoms with Crippen LogP contribution in [-0.2, 0) is 7.05 Å². The van der Waals surface area contributed by atoms with Crippen LogP contribution < -0.4 is 4.90 Å². The van der Waals surface area contributed by atoms with Gasteiger partial charge in [0, 0.05) is 19.8 Å². The monoisotopic (exact) mass is 297 g/mol. The van der Waals surface area contributed by atoms with E-state index in [1.54, 1.807) is 18.6 Å². The van der Waals surface area contributed by atoms with Crippen LogP contribution in [0.2, 0.25) is 10.0 Å². The van der Waals surface area contributed by atoms with Crippen LogP contribution in [0, 0.1) is 0 Å². The third kappa shape index (κ3) is 2.28. The fraction of sp³-hybridized carbons (Fsp3) is 0.417. The van der Waals surface area contributed by atoms with Gasteiger partial charge in [0.05, 0.1) is 16.1 Å². The van der Waals surface area contributed by atoms with Gasteiger partial charge >= 0.3 is 0 Å². The van der Waals surface area contributed by atoms with E-state index in [0.29, 0.717) is 10.0 Å². The first kappa shape index (κ1) is 12.7. The second-order valence-electron chi connectivity index (χ2n) is 4.61. The lowest BCUT2D eigenvalue weighted by Crippen LogP contribution is -2.26. The molecular weight excluding hydrogens is 285 g/mol. The summed E-state index contributed by atoms with van der Waals surface area (Å²) in [5, 5.41) is 9.25. The molecule has 1 atom stereocenters. The van der Waals surface area contributed by atoms with Crippen molar-refractivity contribution in [2.75, 3.05) is 11.4 Å². The summed E-state index contributed by atoms with van der Waals surface area (Å²) in [4.78, 5) is 6.52. The molecule has 0 saturated carbocycles. The van der Waals surface area contributed by atoms with Crippen molar-refractivity contribution in [3.8, 4) is 0 Å². The third-order valence-electron chi connectivity index (χ3n) is 3.36. The van der Waals surface area contributed by atoms with E-state index in [1.807, 2.05) is 11.6 Å². The maximum absolute atomic E-state index is 6.24. The molecule has 1 fully saturated rings. The zero-order chi connectivity index (χ0) is 13.4. The van der Waals surface area contributed by atoms with E-state index in [1.165, 1.54) is 0 Å². The number of anilines is 1. The van der Waals surface area contributed by atoms with Crippen LogP contribution in [0.3, 0.4) is 0 Å². The van der Waals surface area contributed by atoms with E-state index >= 15 is 0 Å². The Labute approximate surface area is 121 Å². The molecule has 0 radical (unpaired) electrons. The Morgan fingerprint density at radius 1 is 1.37 bits per heavy atom. The summed E-state index contributed by atoms with van der Waals surface area (Å²) in [6.07, 6.45) is 5.43. The van der Waals surface area contributed by atoms with Crippen molar-refractivity contribution in [3.63, 3.8) is 0 Å². The Hall–Kier alpha value is -1.33. The maximum atomic E-state index is 6.24. The highest BCUT2D eigenvalue weighted by molar-refractivity contribution is 6.36. The van der Waals surface area contributed by atoms with Crippen molar-refractivity contribution in [1.82, 2.24) is 19.7 Å². The molecule has 2 aromatic rings. The first-order valence-electron chi connectivity index (χ1n) is 6.08. The van der Waals surface area contributed by atoms with Gasteiger partial charge in [-0.05, 0) is 18.9 Å². The number of rotatable bonds is 2. The summed E-state index contributed by atoms with van der Waals surface area (Å²) in [6.45, 7) is 0.909. The SMILES string of the molecule is Cn1cnnc1[C@@H]1CCCN1c1ncc(Cl)cc1Cl. The third-order valence-corrected chi connectivity index (χ3v) is 3.84. The van der Waals surface area contributed by atoms with Gasteiger partial charge in [-0.2, -0.15) is 0 Å². The van der Waals surface area contributed by atoms with Crippen molar-refractivity contribution in [1.29, 1.82) is 0 Å². The molecule has 0 bridgehead atoms. The Morgan fingerprint density at radius 2 is 2.21 bits per heavy atom. The standard InChI is InChI=1S/C12H13Cl2N5/c1-18-7-16-17-12(18)10-3-2-4-19(10)11-9(14)5-8(13)6-15-11/h5-7,10H,2-4H2,1H3/t10-/m0/s1. The number of pyridine rings is 1. The minimum Gasteiger partial charge on any atom is -0.345 e. The lowest BCUT2D eigenvalue weighted by atomic mass is 10.2. The molecule has 1 aliphatic rings. The highest BCUT2D eigenvalue weighted by atomic mass is 35.5. The Bertz CT molecular complexity index is 598. The fourth-order valence-electron chi connectivity index (χ4n) is 2.50. The largest absolute Gasteiger partial charge is 0.345 e. The summed E-state index contributed by atoms with van der Waals surface area (Å²) < 4.78 is 1.94. The maximum Gasteiger partial charge on any atom is 0.155 e. The topological polar surface area (TPSA) is 46.8 Å². The number of aryl methyl sites for hydroxylation is 1. The molecule has 100 valence electrons. The van der Waals surface area contributed by atoms with Crippen LogP contribution >= 0.6 is 23.2 Å². The van der Waals surface area contributed by atoms with Crippen molar-refractivity contribution in [2.45, 2.75) is 18.9 Å². The number of halogens is 2. The molecule has 0 amide bonds. The molecule has 7 heteroatoms. The quantitative estimate of drug-likeness (QED) is 0.855. The first-order valence-corrected chi connectivity index (χ1v) is 6.84. The normalized spacial score (nSPS) is 19.1. The minimum absolute atomic E-state index is 0.165. The number of nitrogens with zero attached hydrogens (tertiary/aromatic N) is 5. The molecule has 19 heavy (non-hydrogen) atoms. The Morgan fingerprint density at radius 3 is 2.89 bits per heavy atom. The van der Waals surface area contributed by atoms with Crippen molar-refractivity contribution < 1.29 is 0 Å². The van der Waals surface area contributed by atoms with Gasteiger partial charge in [-0.15, -0.1) is 10.2 Å². The molecule has 2 aromatic heterocycles. The molecule has 1 saturated heterocycles. The summed E-state index contributed by atoms with van der Waals surface area (Å²) in [6, 6.07) is 1.89.